The van der Waals surface area contributed by atoms with Gasteiger partial charge in [-0.2, -0.15) is 0 Å². The molecule has 0 aliphatic carbocycles. The lowest BCUT2D eigenvalue weighted by atomic mass is 10.2. The number of nitrogens with one attached hydrogen (secondary N) is 1. The average molecular weight is 254 g/mol. The first-order valence-electron chi connectivity index (χ1n) is 5.84. The summed E-state index contributed by atoms with van der Waals surface area (Å²) in [6.07, 6.45) is 1.46. The highest BCUT2D eigenvalue weighted by Gasteiger charge is 2.08. The fourth-order valence-electron chi connectivity index (χ4n) is 1.97. The van der Waals surface area contributed by atoms with Crippen molar-refractivity contribution in [2.45, 2.75) is 0 Å². The van der Waals surface area contributed by atoms with E-state index in [4.69, 9.17) is 0 Å². The summed E-state index contributed by atoms with van der Waals surface area (Å²) >= 11 is 0. The van der Waals surface area contributed by atoms with Crippen LogP contribution in [0.1, 0.15) is 5.56 Å². The van der Waals surface area contributed by atoms with E-state index in [1.165, 1.54) is 12.3 Å². The Bertz CT molecular complexity index is 762. The second-order valence-electron chi connectivity index (χ2n) is 4.14. The normalized spacial score (nSPS) is 11.4. The molecule has 2 N–H and O–H groups in total. The lowest BCUT2D eigenvalue weighted by Gasteiger charge is -1.95. The number of aromatic nitrogens is 1. The molecule has 0 radical (unpaired) electrons. The molecule has 3 nitrogen and oxygen atoms in total. The van der Waals surface area contributed by atoms with Crippen LogP contribution < -0.4 is 0 Å². The SMILES string of the molecule is Oc1[nH]c2ccccc2c1C=Nc1ccccc1F. The quantitative estimate of drug-likeness (QED) is 0.672. The Labute approximate surface area is 109 Å². The summed E-state index contributed by atoms with van der Waals surface area (Å²) in [5.41, 5.74) is 1.61. The first-order chi connectivity index (χ1) is 9.25. The topological polar surface area (TPSA) is 48.4 Å². The molecular weight excluding hydrogens is 243 g/mol. The smallest absolute Gasteiger partial charge is 0.198 e. The zero-order valence-corrected chi connectivity index (χ0v) is 9.97. The Morgan fingerprint density at radius 3 is 2.63 bits per heavy atom. The van der Waals surface area contributed by atoms with Crippen molar-refractivity contribution in [1.29, 1.82) is 0 Å². The summed E-state index contributed by atoms with van der Waals surface area (Å²) in [4.78, 5) is 6.93. The molecule has 94 valence electrons. The first-order valence-corrected chi connectivity index (χ1v) is 5.84. The number of hydrogen-bond donors (Lipinski definition) is 2. The first kappa shape index (κ1) is 11.5. The highest BCUT2D eigenvalue weighted by atomic mass is 19.1. The van der Waals surface area contributed by atoms with Gasteiger partial charge in [0, 0.05) is 17.1 Å². The molecule has 19 heavy (non-hydrogen) atoms. The van der Waals surface area contributed by atoms with Crippen LogP contribution in [0.25, 0.3) is 10.9 Å². The van der Waals surface area contributed by atoms with Crippen molar-refractivity contribution in [1.82, 2.24) is 4.98 Å². The number of aliphatic imine (C=N–C) groups is 1. The van der Waals surface area contributed by atoms with E-state index >= 15 is 0 Å². The van der Waals surface area contributed by atoms with Gasteiger partial charge in [-0.3, -0.25) is 4.99 Å². The Morgan fingerprint density at radius 2 is 1.79 bits per heavy atom. The van der Waals surface area contributed by atoms with Gasteiger partial charge in [-0.15, -0.1) is 0 Å². The summed E-state index contributed by atoms with van der Waals surface area (Å²) < 4.78 is 13.4. The molecule has 0 fully saturated rings. The fraction of sp³-hybridized carbons (Fsp3) is 0. The van der Waals surface area contributed by atoms with E-state index < -0.39 is 5.82 Å². The van der Waals surface area contributed by atoms with Gasteiger partial charge in [0.25, 0.3) is 0 Å². The molecule has 0 aliphatic heterocycles. The van der Waals surface area contributed by atoms with Gasteiger partial charge >= 0.3 is 0 Å². The highest BCUT2D eigenvalue weighted by Crippen LogP contribution is 2.26. The molecule has 0 saturated carbocycles. The molecular formula is C15H11FN2O. The van der Waals surface area contributed by atoms with Crippen LogP contribution in [0.2, 0.25) is 0 Å². The molecule has 0 bridgehead atoms. The average Bonchev–Trinajstić information content (AvgIpc) is 2.74. The van der Waals surface area contributed by atoms with Gasteiger partial charge in [-0.05, 0) is 18.2 Å². The van der Waals surface area contributed by atoms with E-state index in [-0.39, 0.29) is 11.6 Å². The second kappa shape index (κ2) is 4.57. The van der Waals surface area contributed by atoms with Gasteiger partial charge in [-0.25, -0.2) is 4.39 Å². The standard InChI is InChI=1S/C15H11FN2O/c16-12-6-2-4-8-14(12)17-9-11-10-5-1-3-7-13(10)18-15(11)19/h1-9,18-19H. The maximum absolute atomic E-state index is 13.4. The molecule has 0 saturated heterocycles. The van der Waals surface area contributed by atoms with Crippen molar-refractivity contribution < 1.29 is 9.50 Å². The number of benzene rings is 2. The van der Waals surface area contributed by atoms with Crippen LogP contribution in [0.15, 0.2) is 53.5 Å². The fourth-order valence-corrected chi connectivity index (χ4v) is 1.97. The third-order valence-corrected chi connectivity index (χ3v) is 2.91. The van der Waals surface area contributed by atoms with Crippen molar-refractivity contribution in [2.75, 3.05) is 0 Å². The monoisotopic (exact) mass is 254 g/mol. The molecule has 4 heteroatoms. The number of rotatable bonds is 2. The van der Waals surface area contributed by atoms with E-state index in [2.05, 4.69) is 9.98 Å². The van der Waals surface area contributed by atoms with Crippen molar-refractivity contribution >= 4 is 22.8 Å². The van der Waals surface area contributed by atoms with Gasteiger partial charge in [-0.1, -0.05) is 30.3 Å². The molecule has 1 heterocycles. The van der Waals surface area contributed by atoms with Crippen LogP contribution in [0.4, 0.5) is 10.1 Å². The van der Waals surface area contributed by atoms with Crippen molar-refractivity contribution in [3.8, 4) is 5.88 Å². The second-order valence-corrected chi connectivity index (χ2v) is 4.14. The predicted octanol–water partition coefficient (Wildman–Crippen LogP) is 3.76. The van der Waals surface area contributed by atoms with Crippen LogP contribution in [-0.4, -0.2) is 16.3 Å². The van der Waals surface area contributed by atoms with Crippen LogP contribution in [0.5, 0.6) is 5.88 Å². The molecule has 3 aromatic rings. The van der Waals surface area contributed by atoms with Crippen molar-refractivity contribution in [3.63, 3.8) is 0 Å². The number of hydrogen-bond acceptors (Lipinski definition) is 2. The van der Waals surface area contributed by atoms with Crippen LogP contribution in [-0.2, 0) is 0 Å². The van der Waals surface area contributed by atoms with Crippen LogP contribution >= 0.6 is 0 Å². The molecule has 0 unspecified atom stereocenters. The summed E-state index contributed by atoms with van der Waals surface area (Å²) in [6, 6.07) is 13.7. The molecule has 0 amide bonds. The third kappa shape index (κ3) is 2.08. The van der Waals surface area contributed by atoms with Crippen LogP contribution in [0, 0.1) is 5.82 Å². The lowest BCUT2D eigenvalue weighted by molar-refractivity contribution is 0.457. The Kier molecular flexibility index (Phi) is 2.76. The molecule has 2 aromatic carbocycles. The Hall–Kier alpha value is -2.62. The van der Waals surface area contributed by atoms with Crippen molar-refractivity contribution in [2.24, 2.45) is 4.99 Å². The molecule has 0 atom stereocenters. The highest BCUT2D eigenvalue weighted by molar-refractivity contribution is 6.02. The van der Waals surface area contributed by atoms with E-state index in [1.54, 1.807) is 18.2 Å². The van der Waals surface area contributed by atoms with Crippen molar-refractivity contribution in [3.05, 3.63) is 59.9 Å². The van der Waals surface area contributed by atoms with E-state index in [0.29, 0.717) is 5.56 Å². The van der Waals surface area contributed by atoms with Gasteiger partial charge < -0.3 is 10.1 Å². The lowest BCUT2D eigenvalue weighted by Crippen LogP contribution is -1.80. The van der Waals surface area contributed by atoms with Gasteiger partial charge in [0.05, 0.1) is 11.3 Å². The number of halogens is 1. The Morgan fingerprint density at radius 1 is 1.05 bits per heavy atom. The number of para-hydroxylation sites is 2. The summed E-state index contributed by atoms with van der Waals surface area (Å²) in [5, 5.41) is 10.7. The van der Waals surface area contributed by atoms with E-state index in [1.807, 2.05) is 24.3 Å². The molecule has 0 aliphatic rings. The molecule has 1 aromatic heterocycles. The minimum absolute atomic E-state index is 0.0290. The predicted molar refractivity (Wildman–Crippen MR) is 73.6 cm³/mol. The van der Waals surface area contributed by atoms with E-state index in [9.17, 15) is 9.50 Å². The maximum atomic E-state index is 13.4. The largest absolute Gasteiger partial charge is 0.494 e. The van der Waals surface area contributed by atoms with Crippen LogP contribution in [0.3, 0.4) is 0 Å². The third-order valence-electron chi connectivity index (χ3n) is 2.91. The number of nitrogens with zero attached hydrogens (tertiary/aromatic N) is 1. The number of aromatic amines is 1. The molecule has 3 rings (SSSR count). The summed E-state index contributed by atoms with van der Waals surface area (Å²) in [5.74, 6) is -0.362. The van der Waals surface area contributed by atoms with Gasteiger partial charge in [0.1, 0.15) is 5.82 Å². The number of aromatic hydroxyl groups is 1. The zero-order chi connectivity index (χ0) is 13.2. The summed E-state index contributed by atoms with van der Waals surface area (Å²) in [7, 11) is 0. The zero-order valence-electron chi connectivity index (χ0n) is 9.97. The summed E-state index contributed by atoms with van der Waals surface area (Å²) in [6.45, 7) is 0. The number of H-pyrrole nitrogens is 1. The van der Waals surface area contributed by atoms with Gasteiger partial charge in [0.2, 0.25) is 0 Å². The number of fused-ring (bicyclic) bond motifs is 1. The Balaban J connectivity index is 2.06. The molecule has 0 spiro atoms. The van der Waals surface area contributed by atoms with E-state index in [0.717, 1.165) is 10.9 Å². The minimum Gasteiger partial charge on any atom is -0.494 e. The maximum Gasteiger partial charge on any atom is 0.198 e. The van der Waals surface area contributed by atoms with Gasteiger partial charge in [0.15, 0.2) is 5.88 Å². The minimum atomic E-state index is -0.391.